The van der Waals surface area contributed by atoms with Crippen molar-refractivity contribution in [3.05, 3.63) is 65.2 Å². The molecule has 1 fully saturated rings. The van der Waals surface area contributed by atoms with Crippen LogP contribution in [0.15, 0.2) is 48.5 Å². The molecule has 3 rings (SSSR count). The molecule has 0 bridgehead atoms. The maximum absolute atomic E-state index is 12.6. The van der Waals surface area contributed by atoms with E-state index in [1.165, 1.54) is 17.0 Å². The first-order valence-electron chi connectivity index (χ1n) is 7.69. The number of nitrogens with one attached hydrogen (secondary N) is 1. The van der Waals surface area contributed by atoms with E-state index in [4.69, 9.17) is 0 Å². The Bertz CT molecular complexity index is 783. The van der Waals surface area contributed by atoms with Crippen LogP contribution in [0.4, 0.5) is 23.7 Å². The van der Waals surface area contributed by atoms with Crippen molar-refractivity contribution in [2.24, 2.45) is 0 Å². The van der Waals surface area contributed by atoms with E-state index in [1.54, 1.807) is 12.1 Å². The van der Waals surface area contributed by atoms with E-state index in [0.717, 1.165) is 23.3 Å². The highest BCUT2D eigenvalue weighted by atomic mass is 19.4. The third kappa shape index (κ3) is 3.99. The fourth-order valence-electron chi connectivity index (χ4n) is 2.65. The normalized spacial score (nSPS) is 15.2. The Morgan fingerprint density at radius 3 is 2.00 bits per heavy atom. The number of hydrogen-bond donors (Lipinski definition) is 1. The van der Waals surface area contributed by atoms with Crippen LogP contribution in [0.2, 0.25) is 0 Å². The molecule has 130 valence electrons. The number of imide groups is 1. The zero-order valence-corrected chi connectivity index (χ0v) is 13.1. The zero-order valence-electron chi connectivity index (χ0n) is 13.1. The van der Waals surface area contributed by atoms with Crippen LogP contribution < -0.4 is 10.2 Å². The van der Waals surface area contributed by atoms with E-state index >= 15 is 0 Å². The smallest absolute Gasteiger partial charge is 0.294 e. The number of hydrogen-bond acceptors (Lipinski definition) is 2. The summed E-state index contributed by atoms with van der Waals surface area (Å²) in [6, 6.07) is 11.8. The number of rotatable bonds is 3. The number of carbonyl (C=O) groups excluding carboxylic acids is 2. The van der Waals surface area contributed by atoms with E-state index in [9.17, 15) is 22.8 Å². The summed E-state index contributed by atoms with van der Waals surface area (Å²) in [5.41, 5.74) is 1.68. The number of benzene rings is 2. The van der Waals surface area contributed by atoms with Crippen molar-refractivity contribution in [1.82, 2.24) is 5.32 Å². The summed E-state index contributed by atoms with van der Waals surface area (Å²) in [6.07, 6.45) is -3.60. The van der Waals surface area contributed by atoms with E-state index in [-0.39, 0.29) is 12.3 Å². The lowest BCUT2D eigenvalue weighted by Gasteiger charge is -2.26. The van der Waals surface area contributed by atoms with Crippen LogP contribution >= 0.6 is 0 Å². The van der Waals surface area contributed by atoms with Gasteiger partial charge in [-0.2, -0.15) is 13.2 Å². The lowest BCUT2D eigenvalue weighted by atomic mass is 10.0. The molecule has 2 aromatic carbocycles. The molecule has 0 aromatic heterocycles. The van der Waals surface area contributed by atoms with Crippen molar-refractivity contribution in [2.75, 3.05) is 11.4 Å². The number of alkyl halides is 3. The Morgan fingerprint density at radius 1 is 0.920 bits per heavy atom. The van der Waals surface area contributed by atoms with Crippen LogP contribution in [0, 0.1) is 0 Å². The van der Waals surface area contributed by atoms with E-state index in [1.807, 2.05) is 12.1 Å². The molecule has 0 spiro atoms. The Balaban J connectivity index is 1.68. The van der Waals surface area contributed by atoms with Crippen LogP contribution in [0.25, 0.3) is 0 Å². The molecule has 1 aliphatic rings. The number of halogens is 3. The third-order valence-electron chi connectivity index (χ3n) is 3.99. The lowest BCUT2D eigenvalue weighted by molar-refractivity contribution is -0.137. The summed E-state index contributed by atoms with van der Waals surface area (Å²) in [5, 5.41) is 2.26. The molecule has 1 aliphatic heterocycles. The highest BCUT2D eigenvalue weighted by Crippen LogP contribution is 2.29. The summed E-state index contributed by atoms with van der Waals surface area (Å²) in [4.78, 5) is 24.4. The predicted molar refractivity (Wildman–Crippen MR) is 86.2 cm³/mol. The number of nitrogens with zero attached hydrogens (tertiary/aromatic N) is 1. The largest absolute Gasteiger partial charge is 0.416 e. The van der Waals surface area contributed by atoms with Crippen LogP contribution in [-0.2, 0) is 17.4 Å². The van der Waals surface area contributed by atoms with Gasteiger partial charge < -0.3 is 0 Å². The second-order valence-electron chi connectivity index (χ2n) is 5.79. The molecule has 0 radical (unpaired) electrons. The molecule has 4 nitrogen and oxygen atoms in total. The molecule has 0 aliphatic carbocycles. The van der Waals surface area contributed by atoms with Gasteiger partial charge in [-0.05, 0) is 41.8 Å². The van der Waals surface area contributed by atoms with Crippen molar-refractivity contribution < 1.29 is 22.8 Å². The molecule has 25 heavy (non-hydrogen) atoms. The fraction of sp³-hybridized carbons (Fsp3) is 0.222. The van der Waals surface area contributed by atoms with Gasteiger partial charge in [0.1, 0.15) is 0 Å². The monoisotopic (exact) mass is 348 g/mol. The molecule has 7 heteroatoms. The van der Waals surface area contributed by atoms with Gasteiger partial charge in [-0.1, -0.05) is 24.3 Å². The molecule has 3 amide bonds. The Labute approximate surface area is 142 Å². The highest BCUT2D eigenvalue weighted by molar-refractivity contribution is 6.05. The number of anilines is 1. The minimum Gasteiger partial charge on any atom is -0.294 e. The SMILES string of the molecule is O=C1CCN(c2ccc(Cc3ccc(C(F)(F)F)cc3)cc2)C(=O)N1. The second kappa shape index (κ2) is 6.58. The van der Waals surface area contributed by atoms with Crippen molar-refractivity contribution in [3.63, 3.8) is 0 Å². The molecular formula is C18H15F3N2O2. The maximum atomic E-state index is 12.6. The average molecular weight is 348 g/mol. The minimum absolute atomic E-state index is 0.249. The Morgan fingerprint density at radius 2 is 1.48 bits per heavy atom. The maximum Gasteiger partial charge on any atom is 0.416 e. The van der Waals surface area contributed by atoms with Gasteiger partial charge in [0, 0.05) is 18.7 Å². The first kappa shape index (κ1) is 17.0. The second-order valence-corrected chi connectivity index (χ2v) is 5.79. The Hall–Kier alpha value is -2.83. The average Bonchev–Trinajstić information content (AvgIpc) is 2.56. The van der Waals surface area contributed by atoms with E-state index in [0.29, 0.717) is 18.7 Å². The summed E-state index contributed by atoms with van der Waals surface area (Å²) in [6.45, 7) is 0.322. The molecular weight excluding hydrogens is 333 g/mol. The molecule has 0 unspecified atom stereocenters. The van der Waals surface area contributed by atoms with E-state index < -0.39 is 17.8 Å². The Kier molecular flexibility index (Phi) is 4.48. The van der Waals surface area contributed by atoms with Crippen LogP contribution in [0.5, 0.6) is 0 Å². The summed E-state index contributed by atoms with van der Waals surface area (Å²) in [5.74, 6) is -0.292. The number of urea groups is 1. The van der Waals surface area contributed by atoms with Crippen LogP contribution in [0.3, 0.4) is 0 Å². The van der Waals surface area contributed by atoms with Gasteiger partial charge in [-0.3, -0.25) is 15.0 Å². The molecule has 2 aromatic rings. The molecule has 1 saturated heterocycles. The lowest BCUT2D eigenvalue weighted by Crippen LogP contribution is -2.49. The zero-order chi connectivity index (χ0) is 18.0. The van der Waals surface area contributed by atoms with Crippen molar-refractivity contribution in [3.8, 4) is 0 Å². The molecule has 0 atom stereocenters. The van der Waals surface area contributed by atoms with Gasteiger partial charge in [0.2, 0.25) is 5.91 Å². The first-order valence-corrected chi connectivity index (χ1v) is 7.69. The predicted octanol–water partition coefficient (Wildman–Crippen LogP) is 3.74. The van der Waals surface area contributed by atoms with Crippen molar-refractivity contribution in [1.29, 1.82) is 0 Å². The van der Waals surface area contributed by atoms with Gasteiger partial charge in [-0.15, -0.1) is 0 Å². The number of carbonyl (C=O) groups is 2. The molecule has 0 saturated carbocycles. The molecule has 1 N–H and O–H groups in total. The summed E-state index contributed by atoms with van der Waals surface area (Å²) < 4.78 is 37.7. The van der Waals surface area contributed by atoms with Gasteiger partial charge in [0.25, 0.3) is 0 Å². The summed E-state index contributed by atoms with van der Waals surface area (Å²) in [7, 11) is 0. The third-order valence-corrected chi connectivity index (χ3v) is 3.99. The van der Waals surface area contributed by atoms with Crippen molar-refractivity contribution in [2.45, 2.75) is 19.0 Å². The fourth-order valence-corrected chi connectivity index (χ4v) is 2.65. The van der Waals surface area contributed by atoms with Gasteiger partial charge >= 0.3 is 12.2 Å². The van der Waals surface area contributed by atoms with E-state index in [2.05, 4.69) is 5.32 Å². The quantitative estimate of drug-likeness (QED) is 0.919. The summed E-state index contributed by atoms with van der Waals surface area (Å²) >= 11 is 0. The molecule has 1 heterocycles. The van der Waals surface area contributed by atoms with Gasteiger partial charge in [0.15, 0.2) is 0 Å². The first-order chi connectivity index (χ1) is 11.8. The van der Waals surface area contributed by atoms with Gasteiger partial charge in [0.05, 0.1) is 5.56 Å². The van der Waals surface area contributed by atoms with Crippen LogP contribution in [-0.4, -0.2) is 18.5 Å². The number of amides is 3. The highest BCUT2D eigenvalue weighted by Gasteiger charge is 2.30. The standard InChI is InChI=1S/C18H15F3N2O2/c19-18(20,21)14-5-1-12(2-6-14)11-13-3-7-15(8-4-13)23-10-9-16(24)22-17(23)25/h1-8H,9-11H2,(H,22,24,25). The van der Waals surface area contributed by atoms with Crippen molar-refractivity contribution >= 4 is 17.6 Å². The minimum atomic E-state index is -4.34. The topological polar surface area (TPSA) is 49.4 Å². The van der Waals surface area contributed by atoms with Gasteiger partial charge in [-0.25, -0.2) is 4.79 Å². The van der Waals surface area contributed by atoms with Crippen LogP contribution in [0.1, 0.15) is 23.1 Å².